The van der Waals surface area contributed by atoms with Crippen molar-refractivity contribution in [1.82, 2.24) is 20.0 Å². The van der Waals surface area contributed by atoms with Crippen molar-refractivity contribution in [1.29, 1.82) is 0 Å². The average Bonchev–Trinajstić information content (AvgIpc) is 3.36. The van der Waals surface area contributed by atoms with Gasteiger partial charge < -0.3 is 4.74 Å². The number of thioether (sulfide) groups is 1. The Balaban J connectivity index is 1.60. The van der Waals surface area contributed by atoms with Crippen LogP contribution in [0, 0.1) is 10.1 Å². The van der Waals surface area contributed by atoms with E-state index in [-0.39, 0.29) is 28.1 Å². The molecule has 0 bridgehead atoms. The first-order chi connectivity index (χ1) is 14.0. The van der Waals surface area contributed by atoms with Crippen molar-refractivity contribution in [2.75, 3.05) is 17.7 Å². The molecule has 3 aromatic rings. The molecule has 0 radical (unpaired) electrons. The van der Waals surface area contributed by atoms with Crippen LogP contribution in [-0.2, 0) is 9.53 Å². The molecular formula is C16H14N6O5S2. The first-order valence-corrected chi connectivity index (χ1v) is 9.99. The van der Waals surface area contributed by atoms with Crippen LogP contribution in [0.25, 0.3) is 5.69 Å². The van der Waals surface area contributed by atoms with Crippen LogP contribution in [0.1, 0.15) is 17.3 Å². The Hall–Kier alpha value is -3.32. The van der Waals surface area contributed by atoms with Gasteiger partial charge in [0, 0.05) is 18.3 Å². The number of hydrogen-bond donors (Lipinski definition) is 1. The predicted octanol–water partition coefficient (Wildman–Crippen LogP) is 2.54. The van der Waals surface area contributed by atoms with Crippen LogP contribution >= 0.6 is 23.1 Å². The quantitative estimate of drug-likeness (QED) is 0.186. The van der Waals surface area contributed by atoms with Gasteiger partial charge in [-0.05, 0) is 19.1 Å². The Bertz CT molecular complexity index is 1030. The number of hydrogen-bond acceptors (Lipinski definition) is 10. The molecule has 0 unspecified atom stereocenters. The number of nitrogens with zero attached hydrogens (tertiary/aromatic N) is 5. The molecule has 0 aliphatic heterocycles. The van der Waals surface area contributed by atoms with Crippen molar-refractivity contribution in [3.05, 3.63) is 52.3 Å². The molecule has 0 aliphatic carbocycles. The minimum Gasteiger partial charge on any atom is -0.465 e. The first kappa shape index (κ1) is 20.4. The third-order valence-corrected chi connectivity index (χ3v) is 5.36. The van der Waals surface area contributed by atoms with Crippen LogP contribution in [0.15, 0.2) is 41.0 Å². The molecule has 0 saturated heterocycles. The molecule has 0 spiro atoms. The fourth-order valence-electron chi connectivity index (χ4n) is 2.12. The molecule has 1 aromatic carbocycles. The molecule has 150 valence electrons. The summed E-state index contributed by atoms with van der Waals surface area (Å²) in [4.78, 5) is 33.9. The maximum Gasteiger partial charge on any atom is 0.316 e. The lowest BCUT2D eigenvalue weighted by molar-refractivity contribution is -0.384. The summed E-state index contributed by atoms with van der Waals surface area (Å²) in [7, 11) is 0. The lowest BCUT2D eigenvalue weighted by Crippen LogP contribution is -2.10. The Morgan fingerprint density at radius 2 is 2.07 bits per heavy atom. The molecule has 2 heterocycles. The zero-order valence-electron chi connectivity index (χ0n) is 15.0. The van der Waals surface area contributed by atoms with Gasteiger partial charge in [0.25, 0.3) is 11.6 Å². The van der Waals surface area contributed by atoms with Gasteiger partial charge in [-0.3, -0.25) is 25.0 Å². The van der Waals surface area contributed by atoms with E-state index < -0.39 is 10.8 Å². The maximum atomic E-state index is 12.4. The van der Waals surface area contributed by atoms with E-state index in [1.54, 1.807) is 6.92 Å². The maximum absolute atomic E-state index is 12.4. The molecule has 0 saturated carbocycles. The number of rotatable bonds is 8. The van der Waals surface area contributed by atoms with Crippen LogP contribution in [0.4, 0.5) is 10.8 Å². The van der Waals surface area contributed by atoms with E-state index in [0.717, 1.165) is 11.3 Å². The van der Waals surface area contributed by atoms with Crippen molar-refractivity contribution in [2.45, 2.75) is 11.3 Å². The van der Waals surface area contributed by atoms with E-state index in [9.17, 15) is 19.7 Å². The van der Waals surface area contributed by atoms with E-state index in [1.807, 2.05) is 0 Å². The summed E-state index contributed by atoms with van der Waals surface area (Å²) in [6, 6.07) is 5.77. The Morgan fingerprint density at radius 1 is 1.31 bits per heavy atom. The summed E-state index contributed by atoms with van der Waals surface area (Å²) in [5.74, 6) is -0.675. The number of nitrogens with one attached hydrogen (secondary N) is 1. The van der Waals surface area contributed by atoms with Crippen LogP contribution in [0.3, 0.4) is 0 Å². The minimum absolute atomic E-state index is 0.0354. The molecular weight excluding hydrogens is 420 g/mol. The third-order valence-electron chi connectivity index (χ3n) is 3.42. The van der Waals surface area contributed by atoms with Gasteiger partial charge in [-0.15, -0.1) is 10.2 Å². The number of carbonyl (C=O) groups excluding carboxylic acids is 2. The number of nitro groups is 1. The highest BCUT2D eigenvalue weighted by molar-refractivity contribution is 8.01. The summed E-state index contributed by atoms with van der Waals surface area (Å²) in [5, 5.41) is 25.5. The second-order valence-corrected chi connectivity index (χ2v) is 7.57. The van der Waals surface area contributed by atoms with Gasteiger partial charge in [0.15, 0.2) is 4.34 Å². The van der Waals surface area contributed by atoms with Crippen molar-refractivity contribution < 1.29 is 19.2 Å². The van der Waals surface area contributed by atoms with Crippen LogP contribution in [0.2, 0.25) is 0 Å². The van der Waals surface area contributed by atoms with Gasteiger partial charge in [-0.25, -0.2) is 4.68 Å². The van der Waals surface area contributed by atoms with Gasteiger partial charge >= 0.3 is 5.97 Å². The van der Waals surface area contributed by atoms with Gasteiger partial charge in [0.2, 0.25) is 5.13 Å². The van der Waals surface area contributed by atoms with Crippen molar-refractivity contribution in [2.24, 2.45) is 0 Å². The third kappa shape index (κ3) is 5.36. The van der Waals surface area contributed by atoms with E-state index >= 15 is 0 Å². The topological polar surface area (TPSA) is 142 Å². The van der Waals surface area contributed by atoms with E-state index in [4.69, 9.17) is 4.74 Å². The highest BCUT2D eigenvalue weighted by Crippen LogP contribution is 2.26. The van der Waals surface area contributed by atoms with Gasteiger partial charge in [-0.2, -0.15) is 5.10 Å². The lowest BCUT2D eigenvalue weighted by atomic mass is 10.3. The van der Waals surface area contributed by atoms with Crippen molar-refractivity contribution in [3.63, 3.8) is 0 Å². The summed E-state index contributed by atoms with van der Waals surface area (Å²) in [6.07, 6.45) is 2.86. The van der Waals surface area contributed by atoms with Crippen molar-refractivity contribution in [3.8, 4) is 5.69 Å². The number of esters is 1. The Labute approximate surface area is 172 Å². The average molecular weight is 434 g/mol. The van der Waals surface area contributed by atoms with Crippen molar-refractivity contribution >= 4 is 45.8 Å². The molecule has 0 atom stereocenters. The highest BCUT2D eigenvalue weighted by atomic mass is 32.2. The normalized spacial score (nSPS) is 10.5. The summed E-state index contributed by atoms with van der Waals surface area (Å²) < 4.78 is 6.79. The second-order valence-electron chi connectivity index (χ2n) is 5.37. The number of benzene rings is 1. The molecule has 13 heteroatoms. The molecule has 0 aliphatic rings. The number of ether oxygens (including phenoxy) is 1. The van der Waals surface area contributed by atoms with Gasteiger partial charge in [0.1, 0.15) is 0 Å². The predicted molar refractivity (Wildman–Crippen MR) is 105 cm³/mol. The molecule has 1 N–H and O–H groups in total. The fourth-order valence-corrected chi connectivity index (χ4v) is 3.66. The Morgan fingerprint density at radius 3 is 2.76 bits per heavy atom. The molecule has 3 rings (SSSR count). The largest absolute Gasteiger partial charge is 0.465 e. The standard InChI is InChI=1S/C16H14N6O5S2/c1-2-27-13(23)9-28-16-20-19-15(29-16)18-14(24)10-7-17-21(8-10)11-3-5-12(6-4-11)22(25)26/h3-8H,2,9H2,1H3,(H,18,19,24). The van der Waals surface area contributed by atoms with Crippen LogP contribution in [0.5, 0.6) is 0 Å². The number of aromatic nitrogens is 4. The summed E-state index contributed by atoms with van der Waals surface area (Å²) in [5.41, 5.74) is 0.814. The monoisotopic (exact) mass is 434 g/mol. The zero-order chi connectivity index (χ0) is 20.8. The van der Waals surface area contributed by atoms with Crippen LogP contribution in [-0.4, -0.2) is 49.1 Å². The smallest absolute Gasteiger partial charge is 0.316 e. The Kier molecular flexibility index (Phi) is 6.51. The molecule has 1 amide bonds. The van der Waals surface area contributed by atoms with Gasteiger partial charge in [-0.1, -0.05) is 23.1 Å². The van der Waals surface area contributed by atoms with Gasteiger partial charge in [0.05, 0.1) is 34.7 Å². The number of amides is 1. The summed E-state index contributed by atoms with van der Waals surface area (Å²) >= 11 is 2.30. The lowest BCUT2D eigenvalue weighted by Gasteiger charge is -2.00. The van der Waals surface area contributed by atoms with E-state index in [2.05, 4.69) is 20.6 Å². The van der Waals surface area contributed by atoms with E-state index in [0.29, 0.717) is 16.6 Å². The molecule has 0 fully saturated rings. The number of non-ortho nitro benzene ring substituents is 1. The molecule has 11 nitrogen and oxygen atoms in total. The number of nitro benzene ring substituents is 1. The fraction of sp³-hybridized carbons (Fsp3) is 0.188. The SMILES string of the molecule is CCOC(=O)CSc1nnc(NC(=O)c2cnn(-c3ccc([N+](=O)[O-])cc3)c2)s1. The number of anilines is 1. The minimum atomic E-state index is -0.493. The van der Waals surface area contributed by atoms with E-state index in [1.165, 1.54) is 53.1 Å². The second kappa shape index (κ2) is 9.25. The first-order valence-electron chi connectivity index (χ1n) is 8.19. The zero-order valence-corrected chi connectivity index (χ0v) is 16.6. The molecule has 29 heavy (non-hydrogen) atoms. The summed E-state index contributed by atoms with van der Waals surface area (Å²) in [6.45, 7) is 2.04. The highest BCUT2D eigenvalue weighted by Gasteiger charge is 2.14. The number of carbonyl (C=O) groups is 2. The molecule has 2 aromatic heterocycles. The van der Waals surface area contributed by atoms with Crippen LogP contribution < -0.4 is 5.32 Å².